The monoisotopic (exact) mass is 596 g/mol. The summed E-state index contributed by atoms with van der Waals surface area (Å²) in [7, 11) is 3.99. The Morgan fingerprint density at radius 1 is 0.930 bits per heavy atom. The molecule has 0 amide bonds. The van der Waals surface area contributed by atoms with E-state index in [1.807, 2.05) is 86.6 Å². The fraction of sp³-hybridized carbons (Fsp3) is 0.152. The number of aromatic amines is 1. The van der Waals surface area contributed by atoms with E-state index in [1.165, 1.54) is 0 Å². The lowest BCUT2D eigenvalue weighted by Crippen LogP contribution is -2.44. The third-order valence-corrected chi connectivity index (χ3v) is 7.57. The van der Waals surface area contributed by atoms with E-state index in [2.05, 4.69) is 21.5 Å². The van der Waals surface area contributed by atoms with Gasteiger partial charge in [-0.2, -0.15) is 0 Å². The number of hydrogen-bond acceptors (Lipinski definition) is 7. The molecule has 0 saturated carbocycles. The number of nitrogens with zero attached hydrogens (tertiary/aromatic N) is 3. The first-order chi connectivity index (χ1) is 20.7. The van der Waals surface area contributed by atoms with Gasteiger partial charge in [0.1, 0.15) is 23.5 Å². The van der Waals surface area contributed by atoms with Gasteiger partial charge in [-0.1, -0.05) is 61.3 Å². The second kappa shape index (κ2) is 12.7. The zero-order chi connectivity index (χ0) is 30.7. The number of hydrogen-bond donors (Lipinski definition) is 3. The molecule has 0 saturated heterocycles. The van der Waals surface area contributed by atoms with E-state index in [9.17, 15) is 4.79 Å². The number of allylic oxidation sites excluding steroid dienone is 1. The van der Waals surface area contributed by atoms with Crippen molar-refractivity contribution in [1.29, 1.82) is 0 Å². The first kappa shape index (κ1) is 29.9. The molecule has 3 aromatic carbocycles. The zero-order valence-electron chi connectivity index (χ0n) is 24.1. The van der Waals surface area contributed by atoms with E-state index in [0.717, 1.165) is 33.6 Å². The minimum absolute atomic E-state index is 0.0249. The Labute approximate surface area is 252 Å². The Hall–Kier alpha value is -4.58. The molecule has 0 spiro atoms. The van der Waals surface area contributed by atoms with Crippen molar-refractivity contribution in [2.24, 2.45) is 0 Å². The first-order valence-corrected chi connectivity index (χ1v) is 13.9. The molecule has 0 radical (unpaired) electrons. The number of aromatic nitrogens is 3. The van der Waals surface area contributed by atoms with Crippen molar-refractivity contribution in [1.82, 2.24) is 14.3 Å². The van der Waals surface area contributed by atoms with Crippen molar-refractivity contribution in [3.8, 4) is 11.4 Å². The Morgan fingerprint density at radius 3 is 2.02 bits per heavy atom. The topological polar surface area (TPSA) is 105 Å². The molecule has 5 aromatic rings. The van der Waals surface area contributed by atoms with Gasteiger partial charge in [-0.05, 0) is 76.9 Å². The van der Waals surface area contributed by atoms with Crippen LogP contribution in [0.5, 0.6) is 0 Å². The number of benzene rings is 3. The quantitative estimate of drug-likeness (QED) is 0.122. The first-order valence-electron chi connectivity index (χ1n) is 13.5. The average molecular weight is 597 g/mol. The second-order valence-corrected chi connectivity index (χ2v) is 10.8. The molecular formula is C33H32N4O5S. The smallest absolute Gasteiger partial charge is 0.264 e. The van der Waals surface area contributed by atoms with Gasteiger partial charge in [-0.15, -0.1) is 0 Å². The van der Waals surface area contributed by atoms with E-state index in [1.54, 1.807) is 33.5 Å². The van der Waals surface area contributed by atoms with Crippen LogP contribution in [-0.2, 0) is 23.0 Å². The number of rotatable bonds is 9. The summed E-state index contributed by atoms with van der Waals surface area (Å²) in [6.07, 6.45) is 3.85. The lowest BCUT2D eigenvalue weighted by Gasteiger charge is -2.12. The second-order valence-electron chi connectivity index (χ2n) is 10.4. The number of nitrogens with one attached hydrogen (secondary N) is 1. The molecule has 9 nitrogen and oxygen atoms in total. The van der Waals surface area contributed by atoms with Crippen LogP contribution >= 0.6 is 12.2 Å². The van der Waals surface area contributed by atoms with Crippen molar-refractivity contribution in [2.45, 2.75) is 20.1 Å². The summed E-state index contributed by atoms with van der Waals surface area (Å²) in [6.45, 7) is 6.34. The van der Waals surface area contributed by atoms with Gasteiger partial charge in [0, 0.05) is 25.0 Å². The Bertz CT molecular complexity index is 2020. The van der Waals surface area contributed by atoms with Gasteiger partial charge in [0.25, 0.3) is 5.56 Å². The van der Waals surface area contributed by atoms with Gasteiger partial charge in [0.15, 0.2) is 0 Å². The van der Waals surface area contributed by atoms with Crippen LogP contribution in [0.3, 0.4) is 0 Å². The minimum Gasteiger partial charge on any atom is -0.378 e. The number of fused-ring (bicyclic) bond motifs is 1. The maximum Gasteiger partial charge on any atom is 0.264 e. The van der Waals surface area contributed by atoms with Crippen LogP contribution in [0.1, 0.15) is 23.6 Å². The van der Waals surface area contributed by atoms with Crippen molar-refractivity contribution in [3.63, 3.8) is 0 Å². The standard InChI is InChI=1S/C33H32N4O5S/c1-21(17-23-5-11-26(12-6-23)35(3)4)18-29-22(2)30-31(36(32(29)38)27-13-7-24(8-14-27)19-41-39)34-37(33(30)43)28-15-9-25(10-16-28)20-42-40/h5-18,34,39-40H,2,19-20H2,1,3-4H3. The molecule has 10 heteroatoms. The van der Waals surface area contributed by atoms with Gasteiger partial charge in [-0.25, -0.2) is 14.5 Å². The molecule has 220 valence electrons. The fourth-order valence-corrected chi connectivity index (χ4v) is 5.33. The molecule has 5 rings (SSSR count). The minimum atomic E-state index is -0.266. The van der Waals surface area contributed by atoms with Crippen LogP contribution in [0.15, 0.2) is 83.2 Å². The van der Waals surface area contributed by atoms with Crippen molar-refractivity contribution >= 4 is 47.7 Å². The molecule has 0 fully saturated rings. The largest absolute Gasteiger partial charge is 0.378 e. The summed E-state index contributed by atoms with van der Waals surface area (Å²) in [5.74, 6) is 0. The van der Waals surface area contributed by atoms with Gasteiger partial charge < -0.3 is 4.90 Å². The average Bonchev–Trinajstić information content (AvgIpc) is 3.33. The molecule has 0 aliphatic carbocycles. The zero-order valence-corrected chi connectivity index (χ0v) is 24.9. The van der Waals surface area contributed by atoms with E-state index in [0.29, 0.717) is 31.8 Å². The lowest BCUT2D eigenvalue weighted by molar-refractivity contribution is -0.253. The molecule has 0 bridgehead atoms. The molecule has 43 heavy (non-hydrogen) atoms. The van der Waals surface area contributed by atoms with Crippen LogP contribution in [0, 0.1) is 4.64 Å². The Morgan fingerprint density at radius 2 is 1.49 bits per heavy atom. The highest BCUT2D eigenvalue weighted by Crippen LogP contribution is 2.19. The molecular weight excluding hydrogens is 564 g/mol. The van der Waals surface area contributed by atoms with Crippen molar-refractivity contribution < 1.29 is 20.3 Å². The fourth-order valence-electron chi connectivity index (χ4n) is 4.95. The maximum atomic E-state index is 14.2. The molecule has 0 aliphatic heterocycles. The molecule has 0 atom stereocenters. The van der Waals surface area contributed by atoms with E-state index < -0.39 is 0 Å². The highest BCUT2D eigenvalue weighted by molar-refractivity contribution is 7.71. The Kier molecular flexibility index (Phi) is 8.86. The van der Waals surface area contributed by atoms with E-state index in [-0.39, 0.29) is 18.8 Å². The highest BCUT2D eigenvalue weighted by Gasteiger charge is 2.16. The predicted octanol–water partition coefficient (Wildman–Crippen LogP) is 5.18. The number of anilines is 1. The number of H-pyrrole nitrogens is 1. The van der Waals surface area contributed by atoms with Gasteiger partial charge in [0.2, 0.25) is 0 Å². The van der Waals surface area contributed by atoms with Crippen molar-refractivity contribution in [2.75, 3.05) is 19.0 Å². The van der Waals surface area contributed by atoms with Crippen LogP contribution in [0.25, 0.3) is 41.1 Å². The molecule has 2 heterocycles. The summed E-state index contributed by atoms with van der Waals surface area (Å²) < 4.78 is 3.76. The summed E-state index contributed by atoms with van der Waals surface area (Å²) in [6, 6.07) is 22.6. The predicted molar refractivity (Wildman–Crippen MR) is 173 cm³/mol. The summed E-state index contributed by atoms with van der Waals surface area (Å²) in [4.78, 5) is 24.7. The van der Waals surface area contributed by atoms with Gasteiger partial charge in [-0.3, -0.25) is 25.0 Å². The normalized spacial score (nSPS) is 12.3. The molecule has 3 N–H and O–H groups in total. The van der Waals surface area contributed by atoms with Gasteiger partial charge >= 0.3 is 0 Å². The summed E-state index contributed by atoms with van der Waals surface area (Å²) in [5.41, 5.74) is 6.07. The van der Waals surface area contributed by atoms with Crippen LogP contribution in [0.4, 0.5) is 5.69 Å². The summed E-state index contributed by atoms with van der Waals surface area (Å²) in [5, 5.41) is 22.5. The lowest BCUT2D eigenvalue weighted by atomic mass is 10.1. The highest BCUT2D eigenvalue weighted by atomic mass is 32.1. The van der Waals surface area contributed by atoms with Crippen LogP contribution in [-0.4, -0.2) is 39.0 Å². The number of pyridine rings is 1. The molecule has 2 aromatic heterocycles. The molecule has 0 unspecified atom stereocenters. The summed E-state index contributed by atoms with van der Waals surface area (Å²) >= 11 is 5.93. The third kappa shape index (κ3) is 6.14. The SMILES string of the molecule is C=c1c(=CC(C)=Cc2ccc(N(C)C)cc2)c(=O)n(-c2ccc(COO)cc2)c2[nH]n(-c3ccc(COO)cc3)c(=S)c12. The Balaban J connectivity index is 1.74. The maximum absolute atomic E-state index is 14.2. The van der Waals surface area contributed by atoms with E-state index in [4.69, 9.17) is 22.7 Å². The van der Waals surface area contributed by atoms with Crippen LogP contribution < -0.4 is 20.9 Å². The third-order valence-electron chi connectivity index (χ3n) is 7.18. The molecule has 0 aliphatic rings. The van der Waals surface area contributed by atoms with Crippen molar-refractivity contribution in [3.05, 3.63) is 120 Å². The van der Waals surface area contributed by atoms with E-state index >= 15 is 0 Å². The van der Waals surface area contributed by atoms with Gasteiger partial charge in [0.05, 0.1) is 16.8 Å². The van der Waals surface area contributed by atoms with Crippen LogP contribution in [0.2, 0.25) is 0 Å².